The number of urea groups is 1. The average molecular weight is 230 g/mol. The first kappa shape index (κ1) is 11.5. The number of halogens is 1. The van der Waals surface area contributed by atoms with Crippen LogP contribution in [0.1, 0.15) is 0 Å². The van der Waals surface area contributed by atoms with E-state index in [4.69, 9.17) is 21.3 Å². The van der Waals surface area contributed by atoms with Crippen LogP contribution in [0.4, 0.5) is 10.5 Å². The second kappa shape index (κ2) is 5.31. The van der Waals surface area contributed by atoms with E-state index in [1.165, 1.54) is 14.2 Å². The summed E-state index contributed by atoms with van der Waals surface area (Å²) in [5.41, 5.74) is 0.450. The quantitative estimate of drug-likeness (QED) is 0.862. The van der Waals surface area contributed by atoms with Crippen LogP contribution in [-0.4, -0.2) is 20.3 Å². The van der Waals surface area contributed by atoms with E-state index in [1.807, 2.05) is 0 Å². The van der Waals surface area contributed by atoms with Crippen molar-refractivity contribution in [1.82, 2.24) is 4.84 Å². The second-order valence-corrected chi connectivity index (χ2v) is 2.72. The van der Waals surface area contributed by atoms with Gasteiger partial charge in [0.15, 0.2) is 11.5 Å². The minimum Gasteiger partial charge on any atom is -0.493 e. The van der Waals surface area contributed by atoms with Crippen molar-refractivity contribution in [2.45, 2.75) is 0 Å². The van der Waals surface area contributed by atoms with Gasteiger partial charge >= 0.3 is 6.03 Å². The maximum Gasteiger partial charge on any atom is 0.357 e. The number of ether oxygens (including phenoxy) is 2. The average Bonchev–Trinajstić information content (AvgIpc) is 2.28. The lowest BCUT2D eigenvalue weighted by Gasteiger charge is -2.11. The van der Waals surface area contributed by atoms with Crippen LogP contribution in [0.25, 0.3) is 0 Å². The second-order valence-electron chi connectivity index (χ2n) is 2.56. The van der Waals surface area contributed by atoms with E-state index in [0.717, 1.165) is 0 Å². The molecule has 6 heteroatoms. The Bertz CT molecular complexity index is 357. The van der Waals surface area contributed by atoms with E-state index in [2.05, 4.69) is 10.2 Å². The molecule has 0 saturated carbocycles. The molecule has 81 valence electrons. The molecule has 2 amide bonds. The lowest BCUT2D eigenvalue weighted by molar-refractivity contribution is 0.256. The molecule has 1 rings (SSSR count). The van der Waals surface area contributed by atoms with Crippen molar-refractivity contribution in [1.29, 1.82) is 0 Å². The smallest absolute Gasteiger partial charge is 0.357 e. The molecule has 0 aliphatic heterocycles. The van der Waals surface area contributed by atoms with E-state index in [0.29, 0.717) is 17.2 Å². The van der Waals surface area contributed by atoms with Crippen LogP contribution < -0.4 is 19.6 Å². The van der Waals surface area contributed by atoms with Crippen LogP contribution in [0.3, 0.4) is 0 Å². The van der Waals surface area contributed by atoms with Gasteiger partial charge in [0.1, 0.15) is 0 Å². The highest BCUT2D eigenvalue weighted by atomic mass is 35.5. The highest BCUT2D eigenvalue weighted by Crippen LogP contribution is 2.34. The molecule has 0 spiro atoms. The number of benzene rings is 1. The number of carbonyl (C=O) groups excluding carboxylic acids is 1. The number of hydrogen-bond donors (Lipinski definition) is 1. The zero-order chi connectivity index (χ0) is 11.3. The molecule has 1 aromatic rings. The molecule has 0 bridgehead atoms. The van der Waals surface area contributed by atoms with Gasteiger partial charge in [0.05, 0.1) is 19.9 Å². The lowest BCUT2D eigenvalue weighted by Crippen LogP contribution is -2.15. The lowest BCUT2D eigenvalue weighted by atomic mass is 10.2. The van der Waals surface area contributed by atoms with Crippen molar-refractivity contribution in [3.05, 3.63) is 18.2 Å². The van der Waals surface area contributed by atoms with Gasteiger partial charge in [-0.05, 0) is 12.1 Å². The number of hydrogen-bond acceptors (Lipinski definition) is 3. The molecule has 1 N–H and O–H groups in total. The fourth-order valence-electron chi connectivity index (χ4n) is 1.12. The molecule has 0 aliphatic rings. The van der Waals surface area contributed by atoms with E-state index in [1.54, 1.807) is 18.2 Å². The zero-order valence-corrected chi connectivity index (χ0v) is 9.04. The molecule has 0 fully saturated rings. The molecular weight excluding hydrogens is 220 g/mol. The van der Waals surface area contributed by atoms with Gasteiger partial charge in [-0.25, -0.2) is 4.79 Å². The summed E-state index contributed by atoms with van der Waals surface area (Å²) in [6.45, 7) is 0. The van der Waals surface area contributed by atoms with E-state index in [-0.39, 0.29) is 0 Å². The molecule has 0 heterocycles. The third-order valence-electron chi connectivity index (χ3n) is 1.72. The van der Waals surface area contributed by atoms with Gasteiger partial charge in [0.25, 0.3) is 0 Å². The summed E-state index contributed by atoms with van der Waals surface area (Å²) < 4.78 is 10.1. The molecule has 0 aromatic heterocycles. The van der Waals surface area contributed by atoms with Crippen molar-refractivity contribution < 1.29 is 14.3 Å². The van der Waals surface area contributed by atoms with Crippen molar-refractivity contribution in [3.8, 4) is 11.5 Å². The van der Waals surface area contributed by atoms with Crippen molar-refractivity contribution in [3.63, 3.8) is 0 Å². The van der Waals surface area contributed by atoms with E-state index < -0.39 is 6.03 Å². The Morgan fingerprint density at radius 3 is 2.67 bits per heavy atom. The van der Waals surface area contributed by atoms with Crippen LogP contribution in [0, 0.1) is 0 Å². The third kappa shape index (κ3) is 2.66. The minimum absolute atomic E-state index is 0.425. The molecule has 1 radical (unpaired) electrons. The van der Waals surface area contributed by atoms with Gasteiger partial charge in [0.2, 0.25) is 0 Å². The van der Waals surface area contributed by atoms with Crippen LogP contribution in [0.5, 0.6) is 11.5 Å². The molecular formula is C9H10ClN2O3. The predicted molar refractivity (Wildman–Crippen MR) is 56.6 cm³/mol. The number of carbonyl (C=O) groups is 1. The van der Waals surface area contributed by atoms with Crippen LogP contribution in [-0.2, 0) is 0 Å². The molecule has 0 aliphatic carbocycles. The number of amides is 2. The first-order valence-corrected chi connectivity index (χ1v) is 4.40. The number of para-hydroxylation sites is 1. The number of nitrogens with one attached hydrogen (secondary N) is 1. The normalized spacial score (nSPS) is 9.27. The fraction of sp³-hybridized carbons (Fsp3) is 0.222. The maximum atomic E-state index is 10.9. The summed E-state index contributed by atoms with van der Waals surface area (Å²) in [7, 11) is 2.99. The van der Waals surface area contributed by atoms with Crippen molar-refractivity contribution >= 4 is 23.5 Å². The predicted octanol–water partition coefficient (Wildman–Crippen LogP) is 1.99. The van der Waals surface area contributed by atoms with Crippen LogP contribution in [0.15, 0.2) is 18.2 Å². The van der Waals surface area contributed by atoms with Crippen LogP contribution >= 0.6 is 11.8 Å². The summed E-state index contributed by atoms with van der Waals surface area (Å²) in [6.07, 6.45) is 0. The number of nitrogens with zero attached hydrogens (tertiary/aromatic N) is 1. The van der Waals surface area contributed by atoms with E-state index >= 15 is 0 Å². The van der Waals surface area contributed by atoms with Crippen molar-refractivity contribution in [2.24, 2.45) is 0 Å². The van der Waals surface area contributed by atoms with Gasteiger partial charge in [-0.3, -0.25) is 0 Å². The minimum atomic E-state index is -0.664. The zero-order valence-electron chi connectivity index (χ0n) is 8.28. The summed E-state index contributed by atoms with van der Waals surface area (Å²) in [5, 5.41) is 2.44. The Morgan fingerprint density at radius 2 is 2.13 bits per heavy atom. The Hall–Kier alpha value is -1.62. The largest absolute Gasteiger partial charge is 0.493 e. The van der Waals surface area contributed by atoms with Crippen molar-refractivity contribution in [2.75, 3.05) is 19.5 Å². The first-order valence-electron chi connectivity index (χ1n) is 4.07. The first-order chi connectivity index (χ1) is 7.22. The number of methoxy groups -OCH3 is 2. The van der Waals surface area contributed by atoms with Gasteiger partial charge in [-0.2, -0.15) is 0 Å². The summed E-state index contributed by atoms with van der Waals surface area (Å²) >= 11 is 5.01. The Balaban J connectivity index is 3.00. The number of rotatable bonds is 3. The van der Waals surface area contributed by atoms with Gasteiger partial charge in [0, 0.05) is 11.8 Å². The molecule has 0 saturated heterocycles. The third-order valence-corrected chi connectivity index (χ3v) is 1.87. The SMILES string of the molecule is COc1cccc(NC(=O)[N]Cl)c1OC. The van der Waals surface area contributed by atoms with Gasteiger partial charge in [-0.15, -0.1) is 4.84 Å². The summed E-state index contributed by atoms with van der Waals surface area (Å²) in [6, 6.07) is 4.42. The topological polar surface area (TPSA) is 61.7 Å². The van der Waals surface area contributed by atoms with E-state index in [9.17, 15) is 4.79 Å². The Morgan fingerprint density at radius 1 is 1.40 bits per heavy atom. The molecule has 0 atom stereocenters. The highest BCUT2D eigenvalue weighted by molar-refractivity contribution is 6.22. The molecule has 5 nitrogen and oxygen atoms in total. The molecule has 15 heavy (non-hydrogen) atoms. The summed E-state index contributed by atoms with van der Waals surface area (Å²) in [5.74, 6) is 0.943. The summed E-state index contributed by atoms with van der Waals surface area (Å²) in [4.78, 5) is 13.9. The highest BCUT2D eigenvalue weighted by Gasteiger charge is 2.11. The van der Waals surface area contributed by atoms with Crippen LogP contribution in [0.2, 0.25) is 0 Å². The standard InChI is InChI=1S/C9H10ClN2O3/c1-14-7-5-3-4-6(8(7)15-2)11-9(13)12-10/h3-5H,1-2H3,(H,11,13). The Kier molecular flexibility index (Phi) is 4.05. The van der Waals surface area contributed by atoms with Gasteiger partial charge < -0.3 is 14.8 Å². The van der Waals surface area contributed by atoms with Gasteiger partial charge in [-0.1, -0.05) is 6.07 Å². The maximum absolute atomic E-state index is 10.9. The Labute approximate surface area is 92.4 Å². The molecule has 1 aromatic carbocycles. The monoisotopic (exact) mass is 229 g/mol. The molecule has 0 unspecified atom stereocenters. The fourth-order valence-corrected chi connectivity index (χ4v) is 1.16. The number of anilines is 1.